The molecule has 2 atom stereocenters. The van der Waals surface area contributed by atoms with Crippen LogP contribution in [-0.4, -0.2) is 45.7 Å². The van der Waals surface area contributed by atoms with Gasteiger partial charge in [-0.2, -0.15) is 11.8 Å². The van der Waals surface area contributed by atoms with E-state index in [1.54, 1.807) is 0 Å². The number of hydrogen-bond donors (Lipinski definition) is 4. The average Bonchev–Trinajstić information content (AvgIpc) is 2.16. The molecule has 0 radical (unpaired) electrons. The minimum Gasteiger partial charge on any atom is -0.480 e. The third-order valence-electron chi connectivity index (χ3n) is 1.78. The second kappa shape index (κ2) is 7.49. The molecule has 88 valence electrons. The number of carboxylic acid groups (broad SMARTS) is 2. The van der Waals surface area contributed by atoms with Crippen molar-refractivity contribution in [3.05, 3.63) is 0 Å². The summed E-state index contributed by atoms with van der Waals surface area (Å²) in [4.78, 5) is 20.7. The fraction of sp³-hybridized carbons (Fsp3) is 0.750. The monoisotopic (exact) mass is 236 g/mol. The van der Waals surface area contributed by atoms with Gasteiger partial charge in [0.1, 0.15) is 12.1 Å². The standard InChI is InChI=1S/C8H16N2O4S/c9-5(7(11)12)1-3-15-4-2-6(10)8(13)14/h5-6H,1-4,9-10H2,(H,11,12)(H,13,14)/t5-,6?/m0/s1. The molecule has 0 aliphatic carbocycles. The maximum atomic E-state index is 10.3. The molecule has 0 fully saturated rings. The van der Waals surface area contributed by atoms with Crippen LogP contribution in [0.3, 0.4) is 0 Å². The van der Waals surface area contributed by atoms with Crippen molar-refractivity contribution < 1.29 is 19.8 Å². The van der Waals surface area contributed by atoms with E-state index in [4.69, 9.17) is 21.7 Å². The fourth-order valence-electron chi connectivity index (χ4n) is 0.770. The van der Waals surface area contributed by atoms with Gasteiger partial charge in [-0.3, -0.25) is 9.59 Å². The summed E-state index contributed by atoms with van der Waals surface area (Å²) in [5, 5.41) is 16.9. The summed E-state index contributed by atoms with van der Waals surface area (Å²) in [6, 6.07) is -1.68. The van der Waals surface area contributed by atoms with Crippen LogP contribution in [0.1, 0.15) is 12.8 Å². The van der Waals surface area contributed by atoms with Gasteiger partial charge in [-0.05, 0) is 24.3 Å². The molecule has 1 unspecified atom stereocenters. The fourth-order valence-corrected chi connectivity index (χ4v) is 1.81. The van der Waals surface area contributed by atoms with Gasteiger partial charge in [0.2, 0.25) is 0 Å². The summed E-state index contributed by atoms with van der Waals surface area (Å²) in [7, 11) is 0. The SMILES string of the molecule is NC(CCSCC[C@H](N)C(=O)O)C(=O)O. The van der Waals surface area contributed by atoms with E-state index < -0.39 is 24.0 Å². The number of nitrogens with two attached hydrogens (primary N) is 2. The highest BCUT2D eigenvalue weighted by molar-refractivity contribution is 7.99. The average molecular weight is 236 g/mol. The first-order valence-electron chi connectivity index (χ1n) is 4.49. The Balaban J connectivity index is 3.40. The molecule has 0 rings (SSSR count). The van der Waals surface area contributed by atoms with Gasteiger partial charge >= 0.3 is 11.9 Å². The topological polar surface area (TPSA) is 127 Å². The van der Waals surface area contributed by atoms with Crippen LogP contribution in [0, 0.1) is 0 Å². The molecule has 0 aromatic rings. The number of rotatable bonds is 8. The summed E-state index contributed by atoms with van der Waals surface area (Å²) < 4.78 is 0. The van der Waals surface area contributed by atoms with Crippen molar-refractivity contribution in [1.82, 2.24) is 0 Å². The lowest BCUT2D eigenvalue weighted by molar-refractivity contribution is -0.139. The molecule has 0 aromatic carbocycles. The van der Waals surface area contributed by atoms with Crippen LogP contribution in [-0.2, 0) is 9.59 Å². The van der Waals surface area contributed by atoms with Gasteiger partial charge in [-0.25, -0.2) is 0 Å². The highest BCUT2D eigenvalue weighted by Gasteiger charge is 2.12. The minimum absolute atomic E-state index is 0.377. The lowest BCUT2D eigenvalue weighted by atomic mass is 10.2. The first-order valence-corrected chi connectivity index (χ1v) is 5.65. The molecule has 0 bridgehead atoms. The Kier molecular flexibility index (Phi) is 7.10. The number of carboxylic acids is 2. The molecule has 0 aromatic heterocycles. The molecular weight excluding hydrogens is 220 g/mol. The quantitative estimate of drug-likeness (QED) is 0.411. The van der Waals surface area contributed by atoms with Gasteiger partial charge < -0.3 is 21.7 Å². The second-order valence-corrected chi connectivity index (χ2v) is 4.30. The Morgan fingerprint density at radius 3 is 1.60 bits per heavy atom. The lowest BCUT2D eigenvalue weighted by Crippen LogP contribution is -2.31. The Bertz CT molecular complexity index is 203. The third-order valence-corrected chi connectivity index (χ3v) is 2.83. The van der Waals surface area contributed by atoms with E-state index in [2.05, 4.69) is 0 Å². The van der Waals surface area contributed by atoms with Crippen molar-refractivity contribution in [2.75, 3.05) is 11.5 Å². The van der Waals surface area contributed by atoms with Crippen LogP contribution >= 0.6 is 11.8 Å². The van der Waals surface area contributed by atoms with Gasteiger partial charge in [-0.1, -0.05) is 0 Å². The maximum Gasteiger partial charge on any atom is 0.320 e. The van der Waals surface area contributed by atoms with E-state index in [9.17, 15) is 9.59 Å². The summed E-state index contributed by atoms with van der Waals surface area (Å²) >= 11 is 1.46. The molecule has 0 spiro atoms. The molecule has 0 aliphatic rings. The lowest BCUT2D eigenvalue weighted by Gasteiger charge is -2.07. The molecule has 6 N–H and O–H groups in total. The highest BCUT2D eigenvalue weighted by atomic mass is 32.2. The van der Waals surface area contributed by atoms with Crippen LogP contribution in [0.15, 0.2) is 0 Å². The molecule has 6 nitrogen and oxygen atoms in total. The maximum absolute atomic E-state index is 10.3. The summed E-state index contributed by atoms with van der Waals surface area (Å²) in [6.45, 7) is 0. The first-order chi connectivity index (χ1) is 6.95. The highest BCUT2D eigenvalue weighted by Crippen LogP contribution is 2.07. The van der Waals surface area contributed by atoms with E-state index in [0.717, 1.165) is 0 Å². The second-order valence-electron chi connectivity index (χ2n) is 3.08. The summed E-state index contributed by atoms with van der Waals surface area (Å²) in [6.07, 6.45) is 0.755. The van der Waals surface area contributed by atoms with Crippen LogP contribution in [0.5, 0.6) is 0 Å². The Morgan fingerprint density at radius 1 is 1.00 bits per heavy atom. The molecule has 0 saturated heterocycles. The third kappa shape index (κ3) is 7.18. The zero-order chi connectivity index (χ0) is 11.8. The Hall–Kier alpha value is -0.790. The van der Waals surface area contributed by atoms with Gasteiger partial charge in [0.25, 0.3) is 0 Å². The number of thioether (sulfide) groups is 1. The number of hydrogen-bond acceptors (Lipinski definition) is 5. The van der Waals surface area contributed by atoms with Crippen molar-refractivity contribution in [2.45, 2.75) is 24.9 Å². The van der Waals surface area contributed by atoms with Crippen LogP contribution in [0.4, 0.5) is 0 Å². The number of aliphatic carboxylic acids is 2. The molecule has 0 saturated carbocycles. The van der Waals surface area contributed by atoms with Gasteiger partial charge in [0, 0.05) is 0 Å². The molecule has 7 heteroatoms. The zero-order valence-corrected chi connectivity index (χ0v) is 9.07. The van der Waals surface area contributed by atoms with Crippen molar-refractivity contribution in [2.24, 2.45) is 11.5 Å². The Labute approximate surface area is 92.0 Å². The van der Waals surface area contributed by atoms with Gasteiger partial charge in [-0.15, -0.1) is 0 Å². The molecule has 15 heavy (non-hydrogen) atoms. The Morgan fingerprint density at radius 2 is 1.33 bits per heavy atom. The van der Waals surface area contributed by atoms with E-state index >= 15 is 0 Å². The van der Waals surface area contributed by atoms with Gasteiger partial charge in [0.15, 0.2) is 0 Å². The van der Waals surface area contributed by atoms with Crippen molar-refractivity contribution in [3.63, 3.8) is 0 Å². The predicted octanol–water partition coefficient (Wildman–Crippen LogP) is -0.676. The van der Waals surface area contributed by atoms with E-state index in [1.165, 1.54) is 11.8 Å². The molecule has 0 amide bonds. The normalized spacial score (nSPS) is 14.5. The first kappa shape index (κ1) is 14.2. The van der Waals surface area contributed by atoms with Crippen LogP contribution < -0.4 is 11.5 Å². The largest absolute Gasteiger partial charge is 0.480 e. The number of carbonyl (C=O) groups is 2. The van der Waals surface area contributed by atoms with E-state index in [-0.39, 0.29) is 0 Å². The predicted molar refractivity (Wildman–Crippen MR) is 57.8 cm³/mol. The molecule has 0 heterocycles. The van der Waals surface area contributed by atoms with Crippen molar-refractivity contribution in [1.29, 1.82) is 0 Å². The van der Waals surface area contributed by atoms with Crippen molar-refractivity contribution in [3.8, 4) is 0 Å². The molecular formula is C8H16N2O4S. The smallest absolute Gasteiger partial charge is 0.320 e. The van der Waals surface area contributed by atoms with Crippen LogP contribution in [0.25, 0.3) is 0 Å². The minimum atomic E-state index is -1.02. The van der Waals surface area contributed by atoms with E-state index in [0.29, 0.717) is 24.3 Å². The summed E-state index contributed by atoms with van der Waals surface area (Å²) in [5.41, 5.74) is 10.6. The summed E-state index contributed by atoms with van der Waals surface area (Å²) in [5.74, 6) is -0.838. The van der Waals surface area contributed by atoms with Gasteiger partial charge in [0.05, 0.1) is 0 Å². The zero-order valence-electron chi connectivity index (χ0n) is 8.26. The van der Waals surface area contributed by atoms with Crippen molar-refractivity contribution >= 4 is 23.7 Å². The van der Waals surface area contributed by atoms with E-state index in [1.807, 2.05) is 0 Å². The van der Waals surface area contributed by atoms with Crippen LogP contribution in [0.2, 0.25) is 0 Å². The molecule has 0 aliphatic heterocycles.